The Balaban J connectivity index is 1.32. The van der Waals surface area contributed by atoms with E-state index >= 15 is 0 Å². The molecule has 1 spiro atoms. The molecule has 206 valence electrons. The summed E-state index contributed by atoms with van der Waals surface area (Å²) in [5.41, 5.74) is 2.40. The Labute approximate surface area is 226 Å². The van der Waals surface area contributed by atoms with E-state index in [-0.39, 0.29) is 36.3 Å². The van der Waals surface area contributed by atoms with Crippen molar-refractivity contribution in [2.24, 2.45) is 0 Å². The fourth-order valence-electron chi connectivity index (χ4n) is 6.24. The summed E-state index contributed by atoms with van der Waals surface area (Å²) < 4.78 is 19.4. The van der Waals surface area contributed by atoms with Crippen LogP contribution in [0.5, 0.6) is 0 Å². The number of imide groups is 1. The average molecular weight is 537 g/mol. The van der Waals surface area contributed by atoms with Crippen molar-refractivity contribution in [1.29, 1.82) is 0 Å². The number of rotatable bonds is 6. The molecule has 2 aromatic rings. The van der Waals surface area contributed by atoms with Crippen LogP contribution in [-0.4, -0.2) is 59.4 Å². The molecular weight excluding hydrogens is 503 g/mol. The van der Waals surface area contributed by atoms with Gasteiger partial charge in [0.25, 0.3) is 5.91 Å². The van der Waals surface area contributed by atoms with Gasteiger partial charge in [0.15, 0.2) is 0 Å². The molecular formula is C29H33FN4O5. The van der Waals surface area contributed by atoms with Gasteiger partial charge in [-0.1, -0.05) is 19.1 Å². The maximum atomic E-state index is 13.8. The molecule has 2 unspecified atom stereocenters. The van der Waals surface area contributed by atoms with E-state index in [0.29, 0.717) is 30.5 Å². The predicted molar refractivity (Wildman–Crippen MR) is 142 cm³/mol. The second kappa shape index (κ2) is 10.3. The first kappa shape index (κ1) is 26.6. The molecule has 3 atom stereocenters. The molecule has 2 saturated heterocycles. The molecule has 0 bridgehead atoms. The fourth-order valence-corrected chi connectivity index (χ4v) is 6.24. The summed E-state index contributed by atoms with van der Waals surface area (Å²) in [5, 5.41) is 5.19. The molecule has 2 aromatic carbocycles. The van der Waals surface area contributed by atoms with Gasteiger partial charge in [0.1, 0.15) is 12.4 Å². The molecule has 9 nitrogen and oxygen atoms in total. The number of aryl methyl sites for hydroxylation is 2. The molecule has 0 saturated carbocycles. The van der Waals surface area contributed by atoms with Gasteiger partial charge in [0, 0.05) is 36.8 Å². The van der Waals surface area contributed by atoms with Gasteiger partial charge in [-0.25, -0.2) is 18.9 Å². The highest BCUT2D eigenvalue weighted by Gasteiger charge is 2.58. The first-order chi connectivity index (χ1) is 18.7. The van der Waals surface area contributed by atoms with E-state index in [1.165, 1.54) is 19.2 Å². The highest BCUT2D eigenvalue weighted by molar-refractivity contribution is 6.06. The molecule has 39 heavy (non-hydrogen) atoms. The maximum absolute atomic E-state index is 13.8. The summed E-state index contributed by atoms with van der Waals surface area (Å²) in [4.78, 5) is 54.5. The fraction of sp³-hybridized carbons (Fsp3) is 0.448. The number of amides is 5. The van der Waals surface area contributed by atoms with Crippen molar-refractivity contribution in [2.45, 2.75) is 70.1 Å². The summed E-state index contributed by atoms with van der Waals surface area (Å²) in [6.45, 7) is 3.54. The number of urea groups is 1. The number of benzene rings is 2. The van der Waals surface area contributed by atoms with Crippen LogP contribution in [0, 0.1) is 5.82 Å². The minimum Gasteiger partial charge on any atom is -0.427 e. The molecule has 2 heterocycles. The average Bonchev–Trinajstić information content (AvgIpc) is 3.54. The van der Waals surface area contributed by atoms with Crippen LogP contribution < -0.4 is 10.6 Å². The Morgan fingerprint density at radius 2 is 1.92 bits per heavy atom. The summed E-state index contributed by atoms with van der Waals surface area (Å²) in [7, 11) is 1.51. The number of likely N-dealkylation sites (tertiary alicyclic amines) is 1. The van der Waals surface area contributed by atoms with E-state index in [0.717, 1.165) is 34.4 Å². The van der Waals surface area contributed by atoms with Gasteiger partial charge in [-0.3, -0.25) is 9.59 Å². The molecule has 5 amide bonds. The van der Waals surface area contributed by atoms with Crippen molar-refractivity contribution >= 4 is 29.6 Å². The number of carbonyl (C=O) groups excluding carboxylic acids is 4. The Bertz CT molecular complexity index is 1350. The van der Waals surface area contributed by atoms with Crippen LogP contribution in [0.2, 0.25) is 0 Å². The predicted octanol–water partition coefficient (Wildman–Crippen LogP) is 3.88. The van der Waals surface area contributed by atoms with Gasteiger partial charge >= 0.3 is 12.1 Å². The Morgan fingerprint density at radius 3 is 2.67 bits per heavy atom. The van der Waals surface area contributed by atoms with E-state index in [1.807, 2.05) is 13.8 Å². The van der Waals surface area contributed by atoms with E-state index in [9.17, 15) is 23.6 Å². The second-order valence-corrected chi connectivity index (χ2v) is 10.5. The highest BCUT2D eigenvalue weighted by Crippen LogP contribution is 2.46. The van der Waals surface area contributed by atoms with Crippen molar-refractivity contribution in [2.75, 3.05) is 18.9 Å². The van der Waals surface area contributed by atoms with E-state index in [2.05, 4.69) is 10.6 Å². The number of nitrogens with zero attached hydrogens (tertiary/aromatic N) is 2. The smallest absolute Gasteiger partial charge is 0.418 e. The van der Waals surface area contributed by atoms with Crippen LogP contribution in [-0.2, 0) is 39.2 Å². The van der Waals surface area contributed by atoms with Gasteiger partial charge < -0.3 is 20.3 Å². The summed E-state index contributed by atoms with van der Waals surface area (Å²) >= 11 is 0. The van der Waals surface area contributed by atoms with Crippen molar-refractivity contribution in [3.8, 4) is 0 Å². The summed E-state index contributed by atoms with van der Waals surface area (Å²) in [6.07, 6.45) is 2.79. The Morgan fingerprint density at radius 1 is 1.13 bits per heavy atom. The topological polar surface area (TPSA) is 108 Å². The van der Waals surface area contributed by atoms with Crippen LogP contribution >= 0.6 is 0 Å². The van der Waals surface area contributed by atoms with Crippen LogP contribution in [0.1, 0.15) is 55.4 Å². The zero-order valence-corrected chi connectivity index (χ0v) is 22.4. The third-order valence-electron chi connectivity index (χ3n) is 8.22. The molecule has 2 fully saturated rings. The lowest BCUT2D eigenvalue weighted by molar-refractivity contribution is -0.143. The van der Waals surface area contributed by atoms with E-state index < -0.39 is 24.1 Å². The normalized spacial score (nSPS) is 23.8. The van der Waals surface area contributed by atoms with Gasteiger partial charge in [0.2, 0.25) is 11.5 Å². The molecule has 5 rings (SSSR count). The molecule has 0 aromatic heterocycles. The molecule has 0 radical (unpaired) electrons. The largest absolute Gasteiger partial charge is 0.427 e. The summed E-state index contributed by atoms with van der Waals surface area (Å²) in [5.74, 6) is -1.13. The number of anilines is 1. The molecule has 3 aliphatic rings. The number of halogens is 1. The third-order valence-corrected chi connectivity index (χ3v) is 8.22. The minimum atomic E-state index is -1.46. The van der Waals surface area contributed by atoms with Gasteiger partial charge in [0.05, 0.1) is 0 Å². The number of ether oxygens (including phenoxy) is 1. The van der Waals surface area contributed by atoms with Crippen molar-refractivity contribution < 1.29 is 28.3 Å². The lowest BCUT2D eigenvalue weighted by atomic mass is 9.94. The van der Waals surface area contributed by atoms with Crippen molar-refractivity contribution in [1.82, 2.24) is 15.1 Å². The molecule has 2 N–H and O–H groups in total. The molecule has 10 heteroatoms. The summed E-state index contributed by atoms with van der Waals surface area (Å²) in [6, 6.07) is 9.35. The number of carbonyl (C=O) groups is 4. The molecule has 2 aliphatic heterocycles. The Kier molecular flexibility index (Phi) is 7.05. The maximum Gasteiger partial charge on any atom is 0.418 e. The zero-order chi connectivity index (χ0) is 27.9. The standard InChI is InChI=1S/C29H33FN4O5/c1-4-18-13-21(30)7-6-19(18)15-23-9-5-17(2)34(23)25(35)16-33-26(36)29(39-28(33)38)12-11-20-14-22(8-10-24(20)29)32-27(37)31-3/h6-8,10,13-14,17,23H,4-5,9,11-12,15-16H2,1-3H3,(H2,31,32,37)/t17?,23?,29-/m1/s1. The zero-order valence-electron chi connectivity index (χ0n) is 22.4. The number of fused-ring (bicyclic) bond motifs is 2. The van der Waals surface area contributed by atoms with Crippen LogP contribution in [0.4, 0.5) is 19.7 Å². The van der Waals surface area contributed by atoms with Gasteiger partial charge in [-0.2, -0.15) is 0 Å². The number of nitrogens with one attached hydrogen (secondary N) is 2. The van der Waals surface area contributed by atoms with E-state index in [1.54, 1.807) is 29.2 Å². The quantitative estimate of drug-likeness (QED) is 0.583. The van der Waals surface area contributed by atoms with Crippen LogP contribution in [0.15, 0.2) is 36.4 Å². The van der Waals surface area contributed by atoms with Crippen LogP contribution in [0.25, 0.3) is 0 Å². The van der Waals surface area contributed by atoms with E-state index in [4.69, 9.17) is 4.74 Å². The third kappa shape index (κ3) is 4.72. The molecule has 1 aliphatic carbocycles. The number of hydrogen-bond acceptors (Lipinski definition) is 5. The van der Waals surface area contributed by atoms with Crippen molar-refractivity contribution in [3.63, 3.8) is 0 Å². The minimum absolute atomic E-state index is 0.0471. The lowest BCUT2D eigenvalue weighted by Crippen LogP contribution is -2.48. The lowest BCUT2D eigenvalue weighted by Gasteiger charge is -2.30. The monoisotopic (exact) mass is 536 g/mol. The second-order valence-electron chi connectivity index (χ2n) is 10.5. The van der Waals surface area contributed by atoms with Crippen molar-refractivity contribution in [3.05, 3.63) is 64.5 Å². The first-order valence-corrected chi connectivity index (χ1v) is 13.4. The van der Waals surface area contributed by atoms with Gasteiger partial charge in [-0.05, 0) is 80.0 Å². The Hall–Kier alpha value is -3.95. The van der Waals surface area contributed by atoms with Gasteiger partial charge in [-0.15, -0.1) is 0 Å². The number of hydrogen-bond donors (Lipinski definition) is 2. The highest BCUT2D eigenvalue weighted by atomic mass is 19.1. The SMILES string of the molecule is CCc1cc(F)ccc1CC1CCC(C)N1C(=O)CN1C(=O)O[C@@]2(CCc3cc(NC(=O)NC)ccc32)C1=O. The first-order valence-electron chi connectivity index (χ1n) is 13.4. The van der Waals surface area contributed by atoms with Crippen LogP contribution in [0.3, 0.4) is 0 Å².